The quantitative estimate of drug-likeness (QED) is 0.648. The maximum Gasteiger partial charge on any atom is 0.0693 e. The Kier molecular flexibility index (Phi) is 1.70. The number of ether oxygens (including phenoxy) is 1. The van der Waals surface area contributed by atoms with Gasteiger partial charge in [-0.25, -0.2) is 0 Å². The Morgan fingerprint density at radius 2 is 1.77 bits per heavy atom. The summed E-state index contributed by atoms with van der Waals surface area (Å²) in [5, 5.41) is 0. The Morgan fingerprint density at radius 1 is 1.15 bits per heavy atom. The second-order valence-electron chi connectivity index (χ2n) is 4.79. The molecule has 1 aliphatic carbocycles. The van der Waals surface area contributed by atoms with Gasteiger partial charge in [0.1, 0.15) is 0 Å². The molecule has 74 valence electrons. The molecule has 2 N–H and O–H groups in total. The SMILES string of the molecule is NC1(N2C3CCC2COC3)CCC1. The van der Waals surface area contributed by atoms with Crippen LogP contribution in [0.4, 0.5) is 0 Å². The molecule has 0 radical (unpaired) electrons. The van der Waals surface area contributed by atoms with Crippen molar-refractivity contribution in [1.29, 1.82) is 0 Å². The van der Waals surface area contributed by atoms with Crippen molar-refractivity contribution >= 4 is 0 Å². The summed E-state index contributed by atoms with van der Waals surface area (Å²) >= 11 is 0. The molecule has 0 aromatic rings. The first-order valence-corrected chi connectivity index (χ1v) is 5.45. The lowest BCUT2D eigenvalue weighted by molar-refractivity contribution is -0.0986. The number of rotatable bonds is 1. The average Bonchev–Trinajstić information content (AvgIpc) is 2.32. The Balaban J connectivity index is 1.82. The lowest BCUT2D eigenvalue weighted by atomic mass is 9.83. The fourth-order valence-corrected chi connectivity index (χ4v) is 3.15. The molecule has 0 amide bonds. The number of fused-ring (bicyclic) bond motifs is 2. The molecule has 13 heavy (non-hydrogen) atoms. The first kappa shape index (κ1) is 8.21. The van der Waals surface area contributed by atoms with E-state index >= 15 is 0 Å². The highest BCUT2D eigenvalue weighted by Gasteiger charge is 2.49. The van der Waals surface area contributed by atoms with Crippen LogP contribution in [0.3, 0.4) is 0 Å². The van der Waals surface area contributed by atoms with Gasteiger partial charge in [0, 0.05) is 12.1 Å². The van der Waals surface area contributed by atoms with Gasteiger partial charge < -0.3 is 10.5 Å². The van der Waals surface area contributed by atoms with Crippen LogP contribution in [0.25, 0.3) is 0 Å². The maximum absolute atomic E-state index is 6.37. The zero-order chi connectivity index (χ0) is 8.89. The molecule has 2 atom stereocenters. The number of morpholine rings is 1. The van der Waals surface area contributed by atoms with Crippen LogP contribution in [0.5, 0.6) is 0 Å². The van der Waals surface area contributed by atoms with Gasteiger partial charge in [-0.05, 0) is 32.1 Å². The van der Waals surface area contributed by atoms with Crippen LogP contribution in [0.2, 0.25) is 0 Å². The van der Waals surface area contributed by atoms with E-state index in [9.17, 15) is 0 Å². The molecule has 0 spiro atoms. The fraction of sp³-hybridized carbons (Fsp3) is 1.00. The van der Waals surface area contributed by atoms with Crippen molar-refractivity contribution in [2.45, 2.75) is 49.9 Å². The van der Waals surface area contributed by atoms with E-state index in [0.717, 1.165) is 13.2 Å². The van der Waals surface area contributed by atoms with E-state index in [1.165, 1.54) is 32.1 Å². The summed E-state index contributed by atoms with van der Waals surface area (Å²) in [5.74, 6) is 0. The summed E-state index contributed by atoms with van der Waals surface area (Å²) < 4.78 is 5.55. The van der Waals surface area contributed by atoms with Gasteiger partial charge in [-0.3, -0.25) is 4.90 Å². The average molecular weight is 182 g/mol. The summed E-state index contributed by atoms with van der Waals surface area (Å²) in [5.41, 5.74) is 6.42. The molecular formula is C10H18N2O. The lowest BCUT2D eigenvalue weighted by Crippen LogP contribution is -2.67. The second-order valence-corrected chi connectivity index (χ2v) is 4.79. The monoisotopic (exact) mass is 182 g/mol. The molecule has 1 saturated carbocycles. The van der Waals surface area contributed by atoms with Crippen molar-refractivity contribution in [2.24, 2.45) is 5.73 Å². The van der Waals surface area contributed by atoms with Crippen molar-refractivity contribution in [1.82, 2.24) is 4.90 Å². The standard InChI is InChI=1S/C10H18N2O/c11-10(4-1-5-10)12-8-2-3-9(12)7-13-6-8/h8-9H,1-7,11H2. The molecule has 3 nitrogen and oxygen atoms in total. The van der Waals surface area contributed by atoms with Gasteiger partial charge in [0.2, 0.25) is 0 Å². The van der Waals surface area contributed by atoms with Gasteiger partial charge in [-0.2, -0.15) is 0 Å². The van der Waals surface area contributed by atoms with Crippen molar-refractivity contribution in [3.8, 4) is 0 Å². The van der Waals surface area contributed by atoms with Gasteiger partial charge in [0.15, 0.2) is 0 Å². The Morgan fingerprint density at radius 3 is 2.23 bits per heavy atom. The largest absolute Gasteiger partial charge is 0.378 e. The summed E-state index contributed by atoms with van der Waals surface area (Å²) in [6, 6.07) is 1.26. The minimum atomic E-state index is 0.0512. The van der Waals surface area contributed by atoms with Crippen LogP contribution in [0.15, 0.2) is 0 Å². The third kappa shape index (κ3) is 1.07. The zero-order valence-corrected chi connectivity index (χ0v) is 8.04. The van der Waals surface area contributed by atoms with Crippen molar-refractivity contribution in [3.05, 3.63) is 0 Å². The molecule has 3 heteroatoms. The van der Waals surface area contributed by atoms with Gasteiger partial charge in [-0.1, -0.05) is 0 Å². The van der Waals surface area contributed by atoms with E-state index < -0.39 is 0 Å². The van der Waals surface area contributed by atoms with E-state index in [4.69, 9.17) is 10.5 Å². The molecule has 0 aromatic carbocycles. The van der Waals surface area contributed by atoms with Crippen LogP contribution >= 0.6 is 0 Å². The number of nitrogens with zero attached hydrogens (tertiary/aromatic N) is 1. The van der Waals surface area contributed by atoms with Crippen molar-refractivity contribution < 1.29 is 4.74 Å². The molecule has 2 saturated heterocycles. The minimum Gasteiger partial charge on any atom is -0.378 e. The van der Waals surface area contributed by atoms with E-state index in [2.05, 4.69) is 4.90 Å². The summed E-state index contributed by atoms with van der Waals surface area (Å²) in [6.07, 6.45) is 6.29. The Bertz CT molecular complexity index is 199. The van der Waals surface area contributed by atoms with Crippen molar-refractivity contribution in [2.75, 3.05) is 13.2 Å². The molecular weight excluding hydrogens is 164 g/mol. The zero-order valence-electron chi connectivity index (χ0n) is 8.04. The third-order valence-electron chi connectivity index (χ3n) is 3.97. The molecule has 2 heterocycles. The number of hydrogen-bond donors (Lipinski definition) is 1. The highest BCUT2D eigenvalue weighted by Crippen LogP contribution is 2.42. The summed E-state index contributed by atoms with van der Waals surface area (Å²) in [7, 11) is 0. The van der Waals surface area contributed by atoms with Gasteiger partial charge in [0.25, 0.3) is 0 Å². The molecule has 2 bridgehead atoms. The van der Waals surface area contributed by atoms with Gasteiger partial charge in [-0.15, -0.1) is 0 Å². The molecule has 3 aliphatic rings. The lowest BCUT2D eigenvalue weighted by Gasteiger charge is -2.52. The molecule has 3 fully saturated rings. The second kappa shape index (κ2) is 2.69. The number of hydrogen-bond acceptors (Lipinski definition) is 3. The number of nitrogens with two attached hydrogens (primary N) is 1. The molecule has 0 aromatic heterocycles. The van der Waals surface area contributed by atoms with Crippen LogP contribution in [0, 0.1) is 0 Å². The van der Waals surface area contributed by atoms with E-state index in [-0.39, 0.29) is 5.66 Å². The third-order valence-corrected chi connectivity index (χ3v) is 3.97. The topological polar surface area (TPSA) is 38.5 Å². The van der Waals surface area contributed by atoms with Crippen LogP contribution in [-0.2, 0) is 4.74 Å². The molecule has 2 aliphatic heterocycles. The van der Waals surface area contributed by atoms with E-state index in [1.54, 1.807) is 0 Å². The van der Waals surface area contributed by atoms with E-state index in [0.29, 0.717) is 12.1 Å². The Labute approximate surface area is 79.2 Å². The molecule has 3 rings (SSSR count). The Hall–Kier alpha value is -0.120. The van der Waals surface area contributed by atoms with Crippen LogP contribution in [0.1, 0.15) is 32.1 Å². The maximum atomic E-state index is 6.37. The van der Waals surface area contributed by atoms with Crippen molar-refractivity contribution in [3.63, 3.8) is 0 Å². The summed E-state index contributed by atoms with van der Waals surface area (Å²) in [4.78, 5) is 2.57. The summed E-state index contributed by atoms with van der Waals surface area (Å²) in [6.45, 7) is 1.82. The van der Waals surface area contributed by atoms with Gasteiger partial charge >= 0.3 is 0 Å². The molecule has 2 unspecified atom stereocenters. The van der Waals surface area contributed by atoms with Crippen LogP contribution in [-0.4, -0.2) is 35.9 Å². The smallest absolute Gasteiger partial charge is 0.0693 e. The fourth-order valence-electron chi connectivity index (χ4n) is 3.15. The predicted molar refractivity (Wildman–Crippen MR) is 50.2 cm³/mol. The first-order chi connectivity index (χ1) is 6.30. The first-order valence-electron chi connectivity index (χ1n) is 5.45. The normalized spacial score (nSPS) is 43.2. The van der Waals surface area contributed by atoms with Crippen LogP contribution < -0.4 is 5.73 Å². The van der Waals surface area contributed by atoms with Gasteiger partial charge in [0.05, 0.1) is 18.9 Å². The highest BCUT2D eigenvalue weighted by atomic mass is 16.5. The van der Waals surface area contributed by atoms with E-state index in [1.807, 2.05) is 0 Å². The minimum absolute atomic E-state index is 0.0512. The predicted octanol–water partition coefficient (Wildman–Crippen LogP) is 0.688. The highest BCUT2D eigenvalue weighted by molar-refractivity contribution is 5.03.